The van der Waals surface area contributed by atoms with Crippen molar-refractivity contribution >= 4 is 10.9 Å². The zero-order valence-corrected chi connectivity index (χ0v) is 18.9. The molecule has 1 heterocycles. The molecule has 160 valence electrons. The zero-order valence-electron chi connectivity index (χ0n) is 18.9. The molecule has 0 aliphatic rings. The first-order valence-electron chi connectivity index (χ1n) is 10.7. The van der Waals surface area contributed by atoms with Crippen molar-refractivity contribution in [1.29, 1.82) is 0 Å². The second-order valence-corrected chi connectivity index (χ2v) is 7.87. The Morgan fingerprint density at radius 3 is 2.16 bits per heavy atom. The molecular weight excluding hydrogens is 384 g/mol. The Balaban J connectivity index is 2.05. The third-order valence-corrected chi connectivity index (χ3v) is 5.89. The number of para-hydroxylation sites is 1. The van der Waals surface area contributed by atoms with Gasteiger partial charge in [0.25, 0.3) is 0 Å². The number of methoxy groups -OCH3 is 2. The quantitative estimate of drug-likeness (QED) is 0.371. The summed E-state index contributed by atoms with van der Waals surface area (Å²) in [6.45, 7) is 3.11. The van der Waals surface area contributed by atoms with Crippen molar-refractivity contribution in [2.45, 2.75) is 19.5 Å². The van der Waals surface area contributed by atoms with Gasteiger partial charge in [-0.05, 0) is 50.3 Å². The van der Waals surface area contributed by atoms with E-state index in [4.69, 9.17) is 9.47 Å². The minimum atomic E-state index is 0.0488. The van der Waals surface area contributed by atoms with E-state index in [2.05, 4.69) is 97.2 Å². The highest BCUT2D eigenvalue weighted by Crippen LogP contribution is 2.43. The van der Waals surface area contributed by atoms with Gasteiger partial charge in [0.1, 0.15) is 0 Å². The van der Waals surface area contributed by atoms with Crippen LogP contribution in [0.2, 0.25) is 0 Å². The van der Waals surface area contributed by atoms with E-state index >= 15 is 0 Å². The van der Waals surface area contributed by atoms with E-state index in [1.54, 1.807) is 14.2 Å². The summed E-state index contributed by atoms with van der Waals surface area (Å²) in [5.74, 6) is 1.48. The molecule has 4 heteroatoms. The summed E-state index contributed by atoms with van der Waals surface area (Å²) >= 11 is 0. The van der Waals surface area contributed by atoms with Crippen molar-refractivity contribution in [2.24, 2.45) is 0 Å². The normalized spacial score (nSPS) is 12.3. The Morgan fingerprint density at radius 1 is 0.839 bits per heavy atom. The van der Waals surface area contributed by atoms with Crippen molar-refractivity contribution in [3.63, 3.8) is 0 Å². The summed E-state index contributed by atoms with van der Waals surface area (Å²) in [6.07, 6.45) is 0. The standard InChI is InChI=1S/C27H30N2O2/c1-6-29-22-15-11-10-14-21(22)25(27(29)19-12-8-7-9-13-19)26(28(2)3)20-16-17-23(30-4)24(18-20)31-5/h7-18,26H,6H2,1-5H3. The highest BCUT2D eigenvalue weighted by Gasteiger charge is 2.28. The van der Waals surface area contributed by atoms with Crippen molar-refractivity contribution in [1.82, 2.24) is 9.47 Å². The lowest BCUT2D eigenvalue weighted by atomic mass is 9.92. The molecule has 0 fully saturated rings. The third-order valence-electron chi connectivity index (χ3n) is 5.89. The maximum atomic E-state index is 5.62. The van der Waals surface area contributed by atoms with Crippen LogP contribution in [0.25, 0.3) is 22.2 Å². The van der Waals surface area contributed by atoms with Gasteiger partial charge in [0.2, 0.25) is 0 Å². The predicted molar refractivity (Wildman–Crippen MR) is 128 cm³/mol. The molecule has 3 aromatic carbocycles. The largest absolute Gasteiger partial charge is 0.493 e. The van der Waals surface area contributed by atoms with Crippen molar-refractivity contribution < 1.29 is 9.47 Å². The fourth-order valence-electron chi connectivity index (χ4n) is 4.59. The molecule has 0 saturated carbocycles. The monoisotopic (exact) mass is 414 g/mol. The molecule has 0 radical (unpaired) electrons. The summed E-state index contributed by atoms with van der Waals surface area (Å²) in [5, 5.41) is 1.27. The molecule has 0 bridgehead atoms. The molecule has 0 saturated heterocycles. The van der Waals surface area contributed by atoms with E-state index in [0.717, 1.165) is 18.0 Å². The van der Waals surface area contributed by atoms with E-state index < -0.39 is 0 Å². The van der Waals surface area contributed by atoms with E-state index in [-0.39, 0.29) is 6.04 Å². The van der Waals surface area contributed by atoms with Crippen LogP contribution in [0, 0.1) is 0 Å². The minimum absolute atomic E-state index is 0.0488. The van der Waals surface area contributed by atoms with Crippen LogP contribution in [0.4, 0.5) is 0 Å². The summed E-state index contributed by atoms with van der Waals surface area (Å²) in [4.78, 5) is 2.27. The third kappa shape index (κ3) is 3.68. The smallest absolute Gasteiger partial charge is 0.161 e. The Labute approximate surface area is 184 Å². The zero-order chi connectivity index (χ0) is 22.0. The van der Waals surface area contributed by atoms with Crippen LogP contribution in [-0.2, 0) is 6.54 Å². The summed E-state index contributed by atoms with van der Waals surface area (Å²) in [7, 11) is 7.62. The Kier molecular flexibility index (Phi) is 6.01. The molecule has 4 aromatic rings. The van der Waals surface area contributed by atoms with Crippen molar-refractivity contribution in [3.05, 3.63) is 83.9 Å². The van der Waals surface area contributed by atoms with Crippen LogP contribution in [0.1, 0.15) is 24.1 Å². The van der Waals surface area contributed by atoms with Crippen molar-refractivity contribution in [3.8, 4) is 22.8 Å². The number of nitrogens with zero attached hydrogens (tertiary/aromatic N) is 2. The average molecular weight is 415 g/mol. The number of fused-ring (bicyclic) bond motifs is 1. The van der Waals surface area contributed by atoms with Gasteiger partial charge in [-0.25, -0.2) is 0 Å². The van der Waals surface area contributed by atoms with E-state index in [0.29, 0.717) is 0 Å². The molecule has 0 N–H and O–H groups in total. The van der Waals surface area contributed by atoms with Crippen molar-refractivity contribution in [2.75, 3.05) is 28.3 Å². The van der Waals surface area contributed by atoms with E-state index in [9.17, 15) is 0 Å². The number of hydrogen-bond acceptors (Lipinski definition) is 3. The molecule has 1 atom stereocenters. The van der Waals surface area contributed by atoms with E-state index in [1.165, 1.54) is 33.3 Å². The molecule has 0 amide bonds. The fraction of sp³-hybridized carbons (Fsp3) is 0.259. The lowest BCUT2D eigenvalue weighted by Gasteiger charge is -2.27. The van der Waals surface area contributed by atoms with Gasteiger partial charge in [-0.2, -0.15) is 0 Å². The van der Waals surface area contributed by atoms with Gasteiger partial charge in [-0.1, -0.05) is 54.6 Å². The Morgan fingerprint density at radius 2 is 1.52 bits per heavy atom. The van der Waals surface area contributed by atoms with Gasteiger partial charge >= 0.3 is 0 Å². The van der Waals surface area contributed by atoms with Gasteiger partial charge in [0, 0.05) is 23.0 Å². The first kappa shape index (κ1) is 21.0. The van der Waals surface area contributed by atoms with Gasteiger partial charge < -0.3 is 14.0 Å². The van der Waals surface area contributed by atoms with Gasteiger partial charge in [0.05, 0.1) is 26.0 Å². The molecule has 1 aromatic heterocycles. The molecule has 31 heavy (non-hydrogen) atoms. The number of aryl methyl sites for hydroxylation is 1. The number of ether oxygens (including phenoxy) is 2. The maximum Gasteiger partial charge on any atom is 0.161 e. The lowest BCUT2D eigenvalue weighted by Crippen LogP contribution is -2.22. The average Bonchev–Trinajstić information content (AvgIpc) is 3.13. The number of rotatable bonds is 7. The topological polar surface area (TPSA) is 26.6 Å². The summed E-state index contributed by atoms with van der Waals surface area (Å²) < 4.78 is 13.5. The molecule has 0 aliphatic carbocycles. The van der Waals surface area contributed by atoms with E-state index in [1.807, 2.05) is 6.07 Å². The number of benzene rings is 3. The predicted octanol–water partition coefficient (Wildman–Crippen LogP) is 6.00. The Hall–Kier alpha value is -3.24. The second kappa shape index (κ2) is 8.86. The van der Waals surface area contributed by atoms with Gasteiger partial charge in [-0.15, -0.1) is 0 Å². The molecule has 0 aliphatic heterocycles. The summed E-state index contributed by atoms with van der Waals surface area (Å²) in [6, 6.07) is 25.7. The van der Waals surface area contributed by atoms with Gasteiger partial charge in [-0.3, -0.25) is 4.90 Å². The van der Waals surface area contributed by atoms with Crippen LogP contribution >= 0.6 is 0 Å². The van der Waals surface area contributed by atoms with Crippen LogP contribution in [0.5, 0.6) is 11.5 Å². The first-order valence-corrected chi connectivity index (χ1v) is 10.7. The summed E-state index contributed by atoms with van der Waals surface area (Å²) in [5.41, 5.74) is 6.21. The highest BCUT2D eigenvalue weighted by atomic mass is 16.5. The highest BCUT2D eigenvalue weighted by molar-refractivity contribution is 5.93. The second-order valence-electron chi connectivity index (χ2n) is 7.87. The molecule has 4 nitrogen and oxygen atoms in total. The molecule has 0 spiro atoms. The minimum Gasteiger partial charge on any atom is -0.493 e. The van der Waals surface area contributed by atoms with Crippen LogP contribution in [0.15, 0.2) is 72.8 Å². The molecular formula is C27H30N2O2. The number of hydrogen-bond donors (Lipinski definition) is 0. The lowest BCUT2D eigenvalue weighted by molar-refractivity contribution is 0.336. The number of aromatic nitrogens is 1. The van der Waals surface area contributed by atoms with Crippen LogP contribution < -0.4 is 9.47 Å². The van der Waals surface area contributed by atoms with Crippen LogP contribution in [0.3, 0.4) is 0 Å². The first-order chi connectivity index (χ1) is 15.1. The maximum absolute atomic E-state index is 5.62. The molecule has 1 unspecified atom stereocenters. The molecule has 4 rings (SSSR count). The van der Waals surface area contributed by atoms with Gasteiger partial charge in [0.15, 0.2) is 11.5 Å². The fourth-order valence-corrected chi connectivity index (χ4v) is 4.59. The Bertz CT molecular complexity index is 1180. The van der Waals surface area contributed by atoms with Crippen LogP contribution in [-0.4, -0.2) is 37.8 Å². The SMILES string of the molecule is CCn1c(-c2ccccc2)c(C(c2ccc(OC)c(OC)c2)N(C)C)c2ccccc21.